The van der Waals surface area contributed by atoms with Crippen LogP contribution in [0, 0.1) is 5.92 Å². The lowest BCUT2D eigenvalue weighted by molar-refractivity contribution is -0.140. The van der Waals surface area contributed by atoms with Gasteiger partial charge in [-0.2, -0.15) is 0 Å². The SMILES string of the molecule is COc1cc(Cl)c(CNC(CC(C)C)C(=O)O)cc1Cl. The summed E-state index contributed by atoms with van der Waals surface area (Å²) in [5.74, 6) is -0.0784. The number of methoxy groups -OCH3 is 1. The number of aliphatic carboxylic acids is 1. The average Bonchev–Trinajstić information content (AvgIpc) is 2.36. The fraction of sp³-hybridized carbons (Fsp3) is 0.500. The van der Waals surface area contributed by atoms with Gasteiger partial charge in [0.1, 0.15) is 11.8 Å². The molecule has 0 aromatic heterocycles. The number of carboxylic acids is 1. The largest absolute Gasteiger partial charge is 0.495 e. The molecule has 0 aliphatic heterocycles. The summed E-state index contributed by atoms with van der Waals surface area (Å²) in [6.45, 7) is 4.30. The minimum atomic E-state index is -0.866. The van der Waals surface area contributed by atoms with Crippen molar-refractivity contribution in [2.24, 2.45) is 5.92 Å². The molecule has 1 aromatic rings. The van der Waals surface area contributed by atoms with E-state index in [1.165, 1.54) is 7.11 Å². The zero-order valence-electron chi connectivity index (χ0n) is 11.7. The molecule has 0 saturated carbocycles. The highest BCUT2D eigenvalue weighted by molar-refractivity contribution is 6.34. The summed E-state index contributed by atoms with van der Waals surface area (Å²) in [6, 6.07) is 2.70. The van der Waals surface area contributed by atoms with Crippen LogP contribution in [0.4, 0.5) is 0 Å². The molecule has 1 rings (SSSR count). The quantitative estimate of drug-likeness (QED) is 0.806. The Labute approximate surface area is 129 Å². The number of hydrogen-bond donors (Lipinski definition) is 2. The Morgan fingerprint density at radius 2 is 2.00 bits per heavy atom. The van der Waals surface area contributed by atoms with E-state index in [1.54, 1.807) is 12.1 Å². The summed E-state index contributed by atoms with van der Waals surface area (Å²) in [6.07, 6.45) is 0.552. The second-order valence-electron chi connectivity index (χ2n) is 4.98. The maximum Gasteiger partial charge on any atom is 0.320 e. The monoisotopic (exact) mass is 319 g/mol. The summed E-state index contributed by atoms with van der Waals surface area (Å²) in [5.41, 5.74) is 0.743. The third kappa shape index (κ3) is 4.85. The lowest BCUT2D eigenvalue weighted by atomic mass is 10.0. The second kappa shape index (κ2) is 7.72. The first kappa shape index (κ1) is 17.1. The molecule has 1 unspecified atom stereocenters. The highest BCUT2D eigenvalue weighted by Crippen LogP contribution is 2.30. The van der Waals surface area contributed by atoms with Crippen molar-refractivity contribution >= 4 is 29.2 Å². The number of rotatable bonds is 7. The first-order valence-electron chi connectivity index (χ1n) is 6.33. The number of hydrogen-bond acceptors (Lipinski definition) is 3. The van der Waals surface area contributed by atoms with Crippen molar-refractivity contribution in [3.05, 3.63) is 27.7 Å². The van der Waals surface area contributed by atoms with Gasteiger partial charge in [-0.25, -0.2) is 0 Å². The molecule has 0 bridgehead atoms. The van der Waals surface area contributed by atoms with Crippen molar-refractivity contribution in [2.75, 3.05) is 7.11 Å². The molecule has 1 atom stereocenters. The van der Waals surface area contributed by atoms with Gasteiger partial charge in [-0.15, -0.1) is 0 Å². The van der Waals surface area contributed by atoms with Gasteiger partial charge in [0.05, 0.1) is 12.1 Å². The third-order valence-electron chi connectivity index (χ3n) is 2.86. The van der Waals surface area contributed by atoms with E-state index in [9.17, 15) is 4.79 Å². The van der Waals surface area contributed by atoms with Crippen molar-refractivity contribution in [3.8, 4) is 5.75 Å². The van der Waals surface area contributed by atoms with Crippen LogP contribution in [0.5, 0.6) is 5.75 Å². The van der Waals surface area contributed by atoms with E-state index < -0.39 is 12.0 Å². The minimum Gasteiger partial charge on any atom is -0.495 e. The van der Waals surface area contributed by atoms with Crippen LogP contribution in [-0.4, -0.2) is 24.2 Å². The fourth-order valence-electron chi connectivity index (χ4n) is 1.84. The Balaban J connectivity index is 2.78. The first-order valence-corrected chi connectivity index (χ1v) is 7.08. The summed E-state index contributed by atoms with van der Waals surface area (Å²) in [4.78, 5) is 11.2. The Morgan fingerprint density at radius 3 is 2.50 bits per heavy atom. The molecule has 20 heavy (non-hydrogen) atoms. The van der Waals surface area contributed by atoms with Gasteiger partial charge >= 0.3 is 5.97 Å². The number of halogens is 2. The Kier molecular flexibility index (Phi) is 6.59. The van der Waals surface area contributed by atoms with Crippen LogP contribution >= 0.6 is 23.2 Å². The maximum absolute atomic E-state index is 11.2. The molecule has 0 saturated heterocycles. The van der Waals surface area contributed by atoms with Gasteiger partial charge in [-0.3, -0.25) is 4.79 Å². The average molecular weight is 320 g/mol. The van der Waals surface area contributed by atoms with Gasteiger partial charge < -0.3 is 15.2 Å². The second-order valence-corrected chi connectivity index (χ2v) is 5.79. The van der Waals surface area contributed by atoms with Crippen molar-refractivity contribution in [2.45, 2.75) is 32.9 Å². The maximum atomic E-state index is 11.2. The van der Waals surface area contributed by atoms with Crippen LogP contribution in [0.15, 0.2) is 12.1 Å². The van der Waals surface area contributed by atoms with Crippen LogP contribution in [0.25, 0.3) is 0 Å². The van der Waals surface area contributed by atoms with Crippen molar-refractivity contribution < 1.29 is 14.6 Å². The van der Waals surface area contributed by atoms with Crippen LogP contribution in [0.3, 0.4) is 0 Å². The van der Waals surface area contributed by atoms with Crippen LogP contribution < -0.4 is 10.1 Å². The van der Waals surface area contributed by atoms with E-state index >= 15 is 0 Å². The number of carbonyl (C=O) groups is 1. The summed E-state index contributed by atoms with van der Waals surface area (Å²) in [5, 5.41) is 13.1. The predicted octanol–water partition coefficient (Wildman–Crippen LogP) is 3.59. The van der Waals surface area contributed by atoms with Gasteiger partial charge in [0, 0.05) is 17.6 Å². The van der Waals surface area contributed by atoms with E-state index in [0.29, 0.717) is 34.7 Å². The highest BCUT2D eigenvalue weighted by Gasteiger charge is 2.19. The van der Waals surface area contributed by atoms with Crippen molar-refractivity contribution in [1.29, 1.82) is 0 Å². The first-order chi connectivity index (χ1) is 9.35. The minimum absolute atomic E-state index is 0.290. The van der Waals surface area contributed by atoms with Gasteiger partial charge in [0.15, 0.2) is 0 Å². The van der Waals surface area contributed by atoms with E-state index in [4.69, 9.17) is 33.0 Å². The molecule has 0 spiro atoms. The zero-order valence-corrected chi connectivity index (χ0v) is 13.3. The van der Waals surface area contributed by atoms with Crippen LogP contribution in [0.1, 0.15) is 25.8 Å². The molecule has 6 heteroatoms. The molecule has 0 fully saturated rings. The lowest BCUT2D eigenvalue weighted by Crippen LogP contribution is -2.37. The van der Waals surface area contributed by atoms with Gasteiger partial charge in [0.2, 0.25) is 0 Å². The zero-order chi connectivity index (χ0) is 15.3. The molecular weight excluding hydrogens is 301 g/mol. The van der Waals surface area contributed by atoms with Crippen LogP contribution in [0.2, 0.25) is 10.0 Å². The summed E-state index contributed by atoms with van der Waals surface area (Å²) >= 11 is 12.2. The van der Waals surface area contributed by atoms with E-state index in [0.717, 1.165) is 5.56 Å². The number of carboxylic acid groups (broad SMARTS) is 1. The van der Waals surface area contributed by atoms with Crippen molar-refractivity contribution in [1.82, 2.24) is 5.32 Å². The molecule has 0 amide bonds. The standard InChI is InChI=1S/C14H19Cl2NO3/c1-8(2)4-12(14(18)19)17-7-9-5-11(16)13(20-3)6-10(9)15/h5-6,8,12,17H,4,7H2,1-3H3,(H,18,19). The van der Waals surface area contributed by atoms with Gasteiger partial charge in [-0.1, -0.05) is 37.0 Å². The van der Waals surface area contributed by atoms with Gasteiger partial charge in [-0.05, 0) is 24.0 Å². The number of benzene rings is 1. The molecule has 2 N–H and O–H groups in total. The topological polar surface area (TPSA) is 58.6 Å². The lowest BCUT2D eigenvalue weighted by Gasteiger charge is -2.17. The van der Waals surface area contributed by atoms with Crippen LogP contribution in [-0.2, 0) is 11.3 Å². The predicted molar refractivity (Wildman–Crippen MR) is 80.7 cm³/mol. The summed E-state index contributed by atoms with van der Waals surface area (Å²) in [7, 11) is 1.51. The summed E-state index contributed by atoms with van der Waals surface area (Å²) < 4.78 is 5.07. The fourth-order valence-corrected chi connectivity index (χ4v) is 2.32. The molecule has 1 aromatic carbocycles. The molecule has 112 valence electrons. The van der Waals surface area contributed by atoms with E-state index in [1.807, 2.05) is 13.8 Å². The van der Waals surface area contributed by atoms with Crippen molar-refractivity contribution in [3.63, 3.8) is 0 Å². The Hall–Kier alpha value is -0.970. The third-order valence-corrected chi connectivity index (χ3v) is 3.51. The van der Waals surface area contributed by atoms with Gasteiger partial charge in [0.25, 0.3) is 0 Å². The Morgan fingerprint density at radius 1 is 1.35 bits per heavy atom. The molecule has 0 aliphatic rings. The number of nitrogens with one attached hydrogen (secondary N) is 1. The van der Waals surface area contributed by atoms with E-state index in [-0.39, 0.29) is 0 Å². The Bertz CT molecular complexity index is 478. The molecular formula is C14H19Cl2NO3. The molecule has 0 heterocycles. The normalized spacial score (nSPS) is 12.5. The molecule has 0 radical (unpaired) electrons. The molecule has 4 nitrogen and oxygen atoms in total. The van der Waals surface area contributed by atoms with E-state index in [2.05, 4.69) is 5.32 Å². The smallest absolute Gasteiger partial charge is 0.320 e. The molecule has 0 aliphatic carbocycles. The highest BCUT2D eigenvalue weighted by atomic mass is 35.5. The number of ether oxygens (including phenoxy) is 1.